The normalized spacial score (nSPS) is 29.1. The summed E-state index contributed by atoms with van der Waals surface area (Å²) in [4.78, 5) is 59.9. The van der Waals surface area contributed by atoms with E-state index >= 15 is 0 Å². The van der Waals surface area contributed by atoms with Gasteiger partial charge in [0.15, 0.2) is 11.3 Å². The number of rotatable bonds is 3. The van der Waals surface area contributed by atoms with Gasteiger partial charge in [0.2, 0.25) is 5.43 Å². The number of anilines is 1. The average Bonchev–Trinajstić information content (AvgIpc) is 3.45. The molecule has 1 aliphatic carbocycles. The maximum atomic E-state index is 14.5. The molecule has 4 N–H and O–H groups in total. The second kappa shape index (κ2) is 16.2. The van der Waals surface area contributed by atoms with Gasteiger partial charge in [-0.2, -0.15) is 0 Å². The third-order valence-electron chi connectivity index (χ3n) is 11.1. The summed E-state index contributed by atoms with van der Waals surface area (Å²) in [5.41, 5.74) is -0.576. The van der Waals surface area contributed by atoms with Crippen molar-refractivity contribution in [1.82, 2.24) is 4.98 Å². The maximum Gasteiger partial charge on any atom is 0.312 e. The number of nitrogens with zero attached hydrogens (tertiary/aromatic N) is 1. The molecule has 0 radical (unpaired) electrons. The number of nitrogens with one attached hydrogen (secondary N) is 1. The Balaban J connectivity index is 1.58. The zero-order valence-electron chi connectivity index (χ0n) is 33.7. The van der Waals surface area contributed by atoms with Crippen molar-refractivity contribution < 1.29 is 57.8 Å². The second-order valence-corrected chi connectivity index (χ2v) is 15.1. The fourth-order valence-electron chi connectivity index (χ4n) is 7.47. The SMILES string of the molecule is COc1ccc2nc3c4c5c6c(C)c(O)c4c(=O)c(c-3oc2c1)NC(=O)/C(C)=C\C=C\[C@H](C)[C@H](O)C[C@@H](O)[C@@H](C)[C@H](OC(C)=O)[C@H](C)[C@@H](OC)/C=C/O[C@@](C)(O6)C5=O. The molecule has 8 atom stereocenters. The van der Waals surface area contributed by atoms with Crippen LogP contribution in [0.4, 0.5) is 5.69 Å². The maximum absolute atomic E-state index is 14.5. The lowest BCUT2D eigenvalue weighted by atomic mass is 9.83. The highest BCUT2D eigenvalue weighted by molar-refractivity contribution is 6.22. The number of Topliss-reactive ketones (excluding diaryl/α,β-unsaturated/α-hetero) is 1. The Bertz CT molecular complexity index is 2420. The number of phenols is 1. The molecule has 0 spiro atoms. The van der Waals surface area contributed by atoms with E-state index in [1.165, 1.54) is 60.3 Å². The molecule has 2 aromatic carbocycles. The van der Waals surface area contributed by atoms with Crippen molar-refractivity contribution in [2.24, 2.45) is 17.8 Å². The van der Waals surface area contributed by atoms with E-state index in [1.807, 2.05) is 0 Å². The minimum Gasteiger partial charge on any atom is -0.507 e. The van der Waals surface area contributed by atoms with Crippen LogP contribution in [0, 0.1) is 24.7 Å². The quantitative estimate of drug-likeness (QED) is 0.111. The Morgan fingerprint density at radius 3 is 2.41 bits per heavy atom. The van der Waals surface area contributed by atoms with Crippen LogP contribution >= 0.6 is 0 Å². The van der Waals surface area contributed by atoms with Crippen LogP contribution in [-0.4, -0.2) is 82.4 Å². The minimum absolute atomic E-state index is 0.0225. The molecule has 5 aliphatic rings. The Hall–Kier alpha value is -5.77. The van der Waals surface area contributed by atoms with Gasteiger partial charge in [0.05, 0.1) is 42.6 Å². The predicted molar refractivity (Wildman–Crippen MR) is 213 cm³/mol. The van der Waals surface area contributed by atoms with Crippen molar-refractivity contribution in [2.45, 2.75) is 85.1 Å². The lowest BCUT2D eigenvalue weighted by molar-refractivity contribution is -0.158. The van der Waals surface area contributed by atoms with E-state index in [2.05, 4.69) is 5.32 Å². The summed E-state index contributed by atoms with van der Waals surface area (Å²) in [7, 11) is 2.91. The molecule has 0 saturated carbocycles. The van der Waals surface area contributed by atoms with Gasteiger partial charge in [-0.1, -0.05) is 39.0 Å². The first-order valence-electron chi connectivity index (χ1n) is 18.9. The van der Waals surface area contributed by atoms with E-state index in [-0.39, 0.29) is 62.4 Å². The summed E-state index contributed by atoms with van der Waals surface area (Å²) in [5.74, 6) is -6.05. The fraction of sp³-hybridized carbons (Fsp3) is 0.419. The van der Waals surface area contributed by atoms with Crippen LogP contribution in [0.25, 0.3) is 33.3 Å². The van der Waals surface area contributed by atoms with E-state index in [1.54, 1.807) is 51.1 Å². The zero-order chi connectivity index (χ0) is 42.4. The van der Waals surface area contributed by atoms with Gasteiger partial charge >= 0.3 is 11.8 Å². The number of phenolic OH excluding ortho intramolecular Hbond substituents is 1. The topological polar surface area (TPSA) is 213 Å². The molecular formula is C43H48N2O13. The van der Waals surface area contributed by atoms with Gasteiger partial charge in [-0.3, -0.25) is 19.2 Å². The number of allylic oxidation sites excluding steroid dienone is 2. The smallest absolute Gasteiger partial charge is 0.312 e. The molecule has 0 saturated heterocycles. The molecule has 58 heavy (non-hydrogen) atoms. The first-order chi connectivity index (χ1) is 27.4. The van der Waals surface area contributed by atoms with E-state index in [9.17, 15) is 34.5 Å². The number of esters is 1. The summed E-state index contributed by atoms with van der Waals surface area (Å²) in [6, 6.07) is 4.82. The summed E-state index contributed by atoms with van der Waals surface area (Å²) in [6.07, 6.45) is 3.57. The van der Waals surface area contributed by atoms with Gasteiger partial charge in [-0.05, 0) is 32.1 Å². The number of aliphatic hydroxyl groups is 2. The number of fused-ring (bicyclic) bond motifs is 14. The lowest BCUT2D eigenvalue weighted by Crippen LogP contribution is -2.43. The summed E-state index contributed by atoms with van der Waals surface area (Å²) >= 11 is 0. The van der Waals surface area contributed by atoms with Crippen LogP contribution in [0.2, 0.25) is 0 Å². The number of carbonyl (C=O) groups excluding carboxylic acids is 3. The van der Waals surface area contributed by atoms with E-state index in [0.717, 1.165) is 0 Å². The highest BCUT2D eigenvalue weighted by Gasteiger charge is 2.50. The van der Waals surface area contributed by atoms with E-state index < -0.39 is 76.8 Å². The van der Waals surface area contributed by atoms with Crippen LogP contribution in [0.5, 0.6) is 17.2 Å². The molecule has 0 fully saturated rings. The fourth-order valence-corrected chi connectivity index (χ4v) is 7.47. The number of aromatic nitrogens is 1. The summed E-state index contributed by atoms with van der Waals surface area (Å²) < 4.78 is 35.3. The number of hydrogen-bond acceptors (Lipinski definition) is 14. The first-order valence-corrected chi connectivity index (χ1v) is 18.9. The van der Waals surface area contributed by atoms with E-state index in [0.29, 0.717) is 11.3 Å². The van der Waals surface area contributed by atoms with Gasteiger partial charge in [-0.25, -0.2) is 4.98 Å². The number of ether oxygens (including phenoxy) is 5. The largest absolute Gasteiger partial charge is 0.507 e. The number of aliphatic hydroxyl groups excluding tert-OH is 2. The molecule has 15 nitrogen and oxygen atoms in total. The number of carbonyl (C=O) groups is 3. The Kier molecular flexibility index (Phi) is 11.7. The number of amides is 1. The standard InChI is InChI=1S/C43H48N2O13/c1-19-11-10-12-20(2)42(52)45-35-37(50)32-31(34-40(35)57-30-17-25(53-8)13-14-26(30)44-34)33-39(23(5)36(32)49)58-43(7,41(33)51)55-16-15-29(54-9)22(4)38(56-24(6)46)21(3)28(48)18-27(19)47/h10-17,19,21-22,27-29,38,47-49H,18H2,1-9H3,(H,45,52)/b11-10+,16-15+,20-12-/t19-,21+,22+,27+,28+,29-,38-,43-/m0/s1. The molecule has 4 aliphatic heterocycles. The molecule has 4 heterocycles. The van der Waals surface area contributed by atoms with Gasteiger partial charge in [-0.15, -0.1) is 0 Å². The van der Waals surface area contributed by atoms with E-state index in [4.69, 9.17) is 33.1 Å². The van der Waals surface area contributed by atoms with Crippen molar-refractivity contribution in [2.75, 3.05) is 19.5 Å². The predicted octanol–water partition coefficient (Wildman–Crippen LogP) is 5.71. The van der Waals surface area contributed by atoms with Crippen molar-refractivity contribution in [3.05, 3.63) is 75.7 Å². The molecule has 1 amide bonds. The van der Waals surface area contributed by atoms with Crippen molar-refractivity contribution in [1.29, 1.82) is 0 Å². The minimum atomic E-state index is -2.02. The molecule has 2 aromatic rings. The molecule has 7 rings (SSSR count). The van der Waals surface area contributed by atoms with Crippen LogP contribution in [0.1, 0.15) is 63.9 Å². The molecular weight excluding hydrogens is 752 g/mol. The Labute approximate surface area is 334 Å². The van der Waals surface area contributed by atoms with Crippen LogP contribution in [0.3, 0.4) is 0 Å². The highest BCUT2D eigenvalue weighted by atomic mass is 16.7. The molecule has 5 bridgehead atoms. The molecule has 15 heteroatoms. The lowest BCUT2D eigenvalue weighted by Gasteiger charge is -2.35. The molecule has 0 unspecified atom stereocenters. The third kappa shape index (κ3) is 7.52. The average molecular weight is 801 g/mol. The first kappa shape index (κ1) is 41.9. The molecule has 0 aromatic heterocycles. The number of ketones is 1. The van der Waals surface area contributed by atoms with Crippen molar-refractivity contribution in [3.63, 3.8) is 0 Å². The zero-order valence-corrected chi connectivity index (χ0v) is 33.7. The van der Waals surface area contributed by atoms with Crippen LogP contribution < -0.4 is 20.2 Å². The van der Waals surface area contributed by atoms with Crippen molar-refractivity contribution >= 4 is 45.2 Å². The Morgan fingerprint density at radius 1 is 1.02 bits per heavy atom. The van der Waals surface area contributed by atoms with Crippen molar-refractivity contribution in [3.8, 4) is 28.7 Å². The van der Waals surface area contributed by atoms with Crippen LogP contribution in [0.15, 0.2) is 63.6 Å². The summed E-state index contributed by atoms with van der Waals surface area (Å²) in [5, 5.41) is 36.3. The third-order valence-corrected chi connectivity index (χ3v) is 11.1. The second-order valence-electron chi connectivity index (χ2n) is 15.1. The number of hydrogen-bond donors (Lipinski definition) is 4. The van der Waals surface area contributed by atoms with Crippen LogP contribution in [-0.2, 0) is 23.8 Å². The van der Waals surface area contributed by atoms with Gasteiger partial charge in [0, 0.05) is 67.7 Å². The van der Waals surface area contributed by atoms with Gasteiger partial charge < -0.3 is 48.7 Å². The summed E-state index contributed by atoms with van der Waals surface area (Å²) in [6.45, 7) is 10.8. The number of aromatic hydroxyl groups is 1. The number of benzene rings is 3. The molecule has 308 valence electrons. The monoisotopic (exact) mass is 800 g/mol. The van der Waals surface area contributed by atoms with Gasteiger partial charge in [0.1, 0.15) is 40.3 Å². The highest BCUT2D eigenvalue weighted by Crippen LogP contribution is 2.50. The Morgan fingerprint density at radius 2 is 1.74 bits per heavy atom. The van der Waals surface area contributed by atoms with Gasteiger partial charge in [0.25, 0.3) is 11.7 Å². The number of methoxy groups -OCH3 is 2.